The number of aromatic carboxylic acids is 2. The standard InChI is InChI=1S/C12H8O4.2K.2H/c13-11(14)9-5-1-3-7-8(9)4-2-6-10(7)12(15)16;;;;/h1-6H,(H,13,14)(H,15,16);;;;. The predicted octanol–water partition coefficient (Wildman–Crippen LogP) is 0.939. The Labute approximate surface area is 189 Å². The zero-order valence-corrected chi connectivity index (χ0v) is 8.18. The Kier molecular flexibility index (Phi) is 8.67. The summed E-state index contributed by atoms with van der Waals surface area (Å²) in [5.41, 5.74) is 0.223. The normalized spacial score (nSPS) is 9.11. The van der Waals surface area contributed by atoms with Gasteiger partial charge in [-0.2, -0.15) is 0 Å². The molecule has 0 radical (unpaired) electrons. The molecule has 2 rings (SSSR count). The van der Waals surface area contributed by atoms with Crippen LogP contribution in [0.3, 0.4) is 0 Å². The number of fused-ring (bicyclic) bond motifs is 1. The van der Waals surface area contributed by atoms with Gasteiger partial charge < -0.3 is 10.2 Å². The Hall–Kier alpha value is 0.913. The van der Waals surface area contributed by atoms with E-state index in [0.717, 1.165) is 0 Å². The predicted molar refractivity (Wildman–Crippen MR) is 72.2 cm³/mol. The summed E-state index contributed by atoms with van der Waals surface area (Å²) in [5, 5.41) is 18.8. The Bertz CT molecular complexity index is 542. The first kappa shape index (κ1) is 18.9. The third-order valence-corrected chi connectivity index (χ3v) is 2.38. The van der Waals surface area contributed by atoms with Crippen molar-refractivity contribution >= 4 is 125 Å². The van der Waals surface area contributed by atoms with Crippen LogP contribution in [0.2, 0.25) is 0 Å². The van der Waals surface area contributed by atoms with Gasteiger partial charge in [-0.25, -0.2) is 9.59 Å². The van der Waals surface area contributed by atoms with Crippen molar-refractivity contribution in [2.75, 3.05) is 0 Å². The van der Waals surface area contributed by atoms with Crippen LogP contribution in [0.15, 0.2) is 36.4 Å². The van der Waals surface area contributed by atoms with Gasteiger partial charge in [0, 0.05) is 0 Å². The van der Waals surface area contributed by atoms with Crippen LogP contribution < -0.4 is 0 Å². The first-order valence-electron chi connectivity index (χ1n) is 4.59. The summed E-state index contributed by atoms with van der Waals surface area (Å²) in [4.78, 5) is 21.9. The second-order valence-electron chi connectivity index (χ2n) is 3.32. The molecule has 18 heavy (non-hydrogen) atoms. The molecule has 0 heterocycles. The van der Waals surface area contributed by atoms with Crippen molar-refractivity contribution in [3.05, 3.63) is 47.5 Å². The molecule has 84 valence electrons. The van der Waals surface area contributed by atoms with Gasteiger partial charge in [-0.3, -0.25) is 0 Å². The SMILES string of the molecule is O=C(O)c1cccc2c(C(=O)O)cccc12.[KH].[KH]. The van der Waals surface area contributed by atoms with Crippen molar-refractivity contribution in [3.8, 4) is 0 Å². The van der Waals surface area contributed by atoms with Crippen LogP contribution in [0.1, 0.15) is 20.7 Å². The number of carbonyl (C=O) groups is 2. The average molecular weight is 296 g/mol. The van der Waals surface area contributed by atoms with Crippen LogP contribution in [0.4, 0.5) is 0 Å². The van der Waals surface area contributed by atoms with E-state index < -0.39 is 11.9 Å². The van der Waals surface area contributed by atoms with Crippen LogP contribution in [-0.4, -0.2) is 125 Å². The van der Waals surface area contributed by atoms with Crippen molar-refractivity contribution in [2.45, 2.75) is 0 Å². The first-order chi connectivity index (χ1) is 7.61. The molecule has 0 amide bonds. The van der Waals surface area contributed by atoms with Gasteiger partial charge in [0.15, 0.2) is 0 Å². The Morgan fingerprint density at radius 1 is 0.722 bits per heavy atom. The molecule has 0 fully saturated rings. The van der Waals surface area contributed by atoms with Crippen molar-refractivity contribution in [3.63, 3.8) is 0 Å². The van der Waals surface area contributed by atoms with Gasteiger partial charge >= 0.3 is 115 Å². The van der Waals surface area contributed by atoms with E-state index >= 15 is 0 Å². The molecule has 6 heteroatoms. The third kappa shape index (κ3) is 3.95. The van der Waals surface area contributed by atoms with Gasteiger partial charge in [0.2, 0.25) is 0 Å². The maximum atomic E-state index is 10.9. The van der Waals surface area contributed by atoms with Gasteiger partial charge in [-0.1, -0.05) is 24.3 Å². The molecule has 0 saturated heterocycles. The summed E-state index contributed by atoms with van der Waals surface area (Å²) in [6.07, 6.45) is 0. The zero-order valence-electron chi connectivity index (χ0n) is 8.18. The summed E-state index contributed by atoms with van der Waals surface area (Å²) in [5.74, 6) is -2.12. The van der Waals surface area contributed by atoms with Crippen LogP contribution in [0.25, 0.3) is 10.8 Å². The molecule has 2 N–H and O–H groups in total. The number of hydrogen-bond acceptors (Lipinski definition) is 2. The number of rotatable bonds is 2. The fourth-order valence-electron chi connectivity index (χ4n) is 1.68. The molecule has 0 aliphatic carbocycles. The zero-order chi connectivity index (χ0) is 11.7. The number of hydrogen-bond donors (Lipinski definition) is 2. The molecule has 0 saturated carbocycles. The van der Waals surface area contributed by atoms with Crippen LogP contribution in [0.5, 0.6) is 0 Å². The van der Waals surface area contributed by atoms with Crippen molar-refractivity contribution < 1.29 is 19.8 Å². The van der Waals surface area contributed by atoms with E-state index in [4.69, 9.17) is 10.2 Å². The van der Waals surface area contributed by atoms with Crippen LogP contribution in [0, 0.1) is 0 Å². The Morgan fingerprint density at radius 3 is 1.33 bits per heavy atom. The van der Waals surface area contributed by atoms with Crippen LogP contribution >= 0.6 is 0 Å². The molecule has 2 aromatic rings. The molecule has 2 aromatic carbocycles. The fourth-order valence-corrected chi connectivity index (χ4v) is 1.68. The van der Waals surface area contributed by atoms with E-state index in [9.17, 15) is 9.59 Å². The van der Waals surface area contributed by atoms with Crippen LogP contribution in [-0.2, 0) is 0 Å². The summed E-state index contributed by atoms with van der Waals surface area (Å²) >= 11 is 0. The van der Waals surface area contributed by atoms with E-state index in [1.165, 1.54) is 24.3 Å². The van der Waals surface area contributed by atoms with E-state index in [-0.39, 0.29) is 114 Å². The third-order valence-electron chi connectivity index (χ3n) is 2.38. The molecule has 0 unspecified atom stereocenters. The summed E-state index contributed by atoms with van der Waals surface area (Å²) < 4.78 is 0. The maximum absolute atomic E-state index is 10.9. The minimum absolute atomic E-state index is 0. The Balaban J connectivity index is 0.00000144. The van der Waals surface area contributed by atoms with Gasteiger partial charge in [0.25, 0.3) is 0 Å². The van der Waals surface area contributed by atoms with Crippen molar-refractivity contribution in [1.82, 2.24) is 0 Å². The van der Waals surface area contributed by atoms with E-state index in [1.54, 1.807) is 12.1 Å². The molecular weight excluding hydrogens is 286 g/mol. The fraction of sp³-hybridized carbons (Fsp3) is 0. The summed E-state index contributed by atoms with van der Waals surface area (Å²) in [7, 11) is 0. The monoisotopic (exact) mass is 296 g/mol. The van der Waals surface area contributed by atoms with Gasteiger partial charge in [-0.05, 0) is 22.9 Å². The second-order valence-corrected chi connectivity index (χ2v) is 3.32. The quantitative estimate of drug-likeness (QED) is 0.809. The first-order valence-corrected chi connectivity index (χ1v) is 4.59. The van der Waals surface area contributed by atoms with Gasteiger partial charge in [0.05, 0.1) is 11.1 Å². The van der Waals surface area contributed by atoms with Crippen molar-refractivity contribution in [1.29, 1.82) is 0 Å². The summed E-state index contributed by atoms with van der Waals surface area (Å²) in [6, 6.07) is 9.19. The number of carboxylic acids is 2. The van der Waals surface area contributed by atoms with E-state index in [2.05, 4.69) is 0 Å². The molecule has 0 aromatic heterocycles. The van der Waals surface area contributed by atoms with Gasteiger partial charge in [0.1, 0.15) is 0 Å². The second kappa shape index (κ2) is 8.26. The molecule has 0 atom stereocenters. The Morgan fingerprint density at radius 2 is 1.06 bits per heavy atom. The molecule has 0 spiro atoms. The molecule has 0 bridgehead atoms. The average Bonchev–Trinajstić information content (AvgIpc) is 2.27. The number of carboxylic acid groups (broad SMARTS) is 2. The molecule has 4 nitrogen and oxygen atoms in total. The van der Waals surface area contributed by atoms with Crippen molar-refractivity contribution in [2.24, 2.45) is 0 Å². The minimum atomic E-state index is -1.06. The summed E-state index contributed by atoms with van der Waals surface area (Å²) in [6.45, 7) is 0. The molecule has 0 aliphatic rings. The van der Waals surface area contributed by atoms with Gasteiger partial charge in [-0.15, -0.1) is 0 Å². The van der Waals surface area contributed by atoms with E-state index in [1.807, 2.05) is 0 Å². The van der Waals surface area contributed by atoms with E-state index in [0.29, 0.717) is 10.8 Å². The molecular formula is C12H10K2O4. The number of benzene rings is 2. The molecule has 0 aliphatic heterocycles. The topological polar surface area (TPSA) is 74.6 Å².